The van der Waals surface area contributed by atoms with Crippen LogP contribution in [-0.2, 0) is 6.54 Å². The Morgan fingerprint density at radius 1 is 1.19 bits per heavy atom. The molecule has 0 atom stereocenters. The fourth-order valence-electron chi connectivity index (χ4n) is 3.49. The molecule has 140 valence electrons. The third kappa shape index (κ3) is 3.94. The average Bonchev–Trinajstić information content (AvgIpc) is 3.01. The topological polar surface area (TPSA) is 57.9 Å². The molecule has 3 aromatic rings. The van der Waals surface area contributed by atoms with Crippen LogP contribution in [0.5, 0.6) is 0 Å². The summed E-state index contributed by atoms with van der Waals surface area (Å²) in [6.45, 7) is 5.75. The third-order valence-electron chi connectivity index (χ3n) is 4.88. The van der Waals surface area contributed by atoms with Crippen LogP contribution in [-0.4, -0.2) is 51.3 Å². The molecule has 1 fully saturated rings. The van der Waals surface area contributed by atoms with E-state index in [4.69, 9.17) is 0 Å². The Labute approximate surface area is 161 Å². The number of rotatable bonds is 3. The minimum atomic E-state index is -0.0395. The lowest BCUT2D eigenvalue weighted by atomic mass is 10.1. The molecule has 0 spiro atoms. The molecule has 7 heteroatoms. The summed E-state index contributed by atoms with van der Waals surface area (Å²) in [5.74, 6) is 0.0944. The van der Waals surface area contributed by atoms with Gasteiger partial charge in [0.25, 0.3) is 11.5 Å². The predicted molar refractivity (Wildman–Crippen MR) is 106 cm³/mol. The molecule has 27 heavy (non-hydrogen) atoms. The van der Waals surface area contributed by atoms with Crippen molar-refractivity contribution in [3.63, 3.8) is 0 Å². The van der Waals surface area contributed by atoms with Crippen LogP contribution in [0.15, 0.2) is 46.7 Å². The van der Waals surface area contributed by atoms with Crippen LogP contribution < -0.4 is 5.56 Å². The molecule has 2 aromatic heterocycles. The van der Waals surface area contributed by atoms with Crippen molar-refractivity contribution >= 4 is 22.2 Å². The number of aryl methyl sites for hydroxylation is 1. The molecule has 1 aromatic carbocycles. The van der Waals surface area contributed by atoms with Crippen LogP contribution in [0, 0.1) is 6.92 Å². The smallest absolute Gasteiger partial charge is 0.258 e. The van der Waals surface area contributed by atoms with Gasteiger partial charge in [0.15, 0.2) is 4.96 Å². The van der Waals surface area contributed by atoms with Crippen molar-refractivity contribution < 1.29 is 4.79 Å². The molecule has 1 aliphatic rings. The average molecular weight is 382 g/mol. The number of thiazole rings is 1. The molecule has 0 N–H and O–H groups in total. The Hall–Kier alpha value is -2.51. The van der Waals surface area contributed by atoms with Gasteiger partial charge in [-0.2, -0.15) is 0 Å². The van der Waals surface area contributed by atoms with Gasteiger partial charge in [-0.05, 0) is 25.5 Å². The molecule has 3 heterocycles. The second-order valence-corrected chi connectivity index (χ2v) is 7.81. The number of carbonyl (C=O) groups is 1. The lowest BCUT2D eigenvalue weighted by molar-refractivity contribution is 0.0761. The van der Waals surface area contributed by atoms with Crippen molar-refractivity contribution in [2.45, 2.75) is 19.9 Å². The van der Waals surface area contributed by atoms with E-state index in [-0.39, 0.29) is 11.5 Å². The van der Waals surface area contributed by atoms with Crippen LogP contribution in [0.4, 0.5) is 0 Å². The number of hydrogen-bond donors (Lipinski definition) is 0. The van der Waals surface area contributed by atoms with E-state index < -0.39 is 0 Å². The fourth-order valence-corrected chi connectivity index (χ4v) is 4.23. The molecule has 1 aliphatic heterocycles. The van der Waals surface area contributed by atoms with Crippen molar-refractivity contribution in [1.29, 1.82) is 0 Å². The number of aromatic nitrogens is 2. The zero-order valence-electron chi connectivity index (χ0n) is 15.3. The van der Waals surface area contributed by atoms with E-state index in [0.717, 1.165) is 47.8 Å². The summed E-state index contributed by atoms with van der Waals surface area (Å²) < 4.78 is 1.57. The lowest BCUT2D eigenvalue weighted by Crippen LogP contribution is -2.35. The highest BCUT2D eigenvalue weighted by Crippen LogP contribution is 2.13. The second kappa shape index (κ2) is 7.62. The summed E-state index contributed by atoms with van der Waals surface area (Å²) in [7, 11) is 0. The summed E-state index contributed by atoms with van der Waals surface area (Å²) in [5.41, 5.74) is 2.60. The van der Waals surface area contributed by atoms with Gasteiger partial charge in [-0.3, -0.25) is 18.9 Å². The quantitative estimate of drug-likeness (QED) is 0.698. The van der Waals surface area contributed by atoms with Gasteiger partial charge in [0.1, 0.15) is 0 Å². The molecular weight excluding hydrogens is 360 g/mol. The van der Waals surface area contributed by atoms with Crippen LogP contribution in [0.3, 0.4) is 0 Å². The van der Waals surface area contributed by atoms with Crippen molar-refractivity contribution in [3.8, 4) is 0 Å². The van der Waals surface area contributed by atoms with Gasteiger partial charge >= 0.3 is 0 Å². The van der Waals surface area contributed by atoms with E-state index in [1.165, 1.54) is 11.3 Å². The Balaban J connectivity index is 1.43. The van der Waals surface area contributed by atoms with Gasteiger partial charge in [-0.25, -0.2) is 4.98 Å². The Morgan fingerprint density at radius 2 is 2.07 bits per heavy atom. The summed E-state index contributed by atoms with van der Waals surface area (Å²) in [4.78, 5) is 34.5. The van der Waals surface area contributed by atoms with Crippen LogP contribution in [0.2, 0.25) is 0 Å². The number of fused-ring (bicyclic) bond motifs is 1. The molecule has 4 rings (SSSR count). The van der Waals surface area contributed by atoms with Crippen molar-refractivity contribution in [1.82, 2.24) is 19.2 Å². The van der Waals surface area contributed by atoms with Crippen LogP contribution in [0.1, 0.15) is 28.0 Å². The number of amides is 1. The first-order chi connectivity index (χ1) is 13.1. The van der Waals surface area contributed by atoms with Crippen molar-refractivity contribution in [3.05, 3.63) is 69.1 Å². The zero-order chi connectivity index (χ0) is 18.8. The van der Waals surface area contributed by atoms with E-state index in [9.17, 15) is 9.59 Å². The summed E-state index contributed by atoms with van der Waals surface area (Å²) >= 11 is 1.47. The normalized spacial score (nSPS) is 15.8. The van der Waals surface area contributed by atoms with E-state index in [2.05, 4.69) is 9.88 Å². The van der Waals surface area contributed by atoms with Gasteiger partial charge in [0.2, 0.25) is 0 Å². The summed E-state index contributed by atoms with van der Waals surface area (Å²) in [5, 5.41) is 1.87. The summed E-state index contributed by atoms with van der Waals surface area (Å²) in [6.07, 6.45) is 2.66. The first-order valence-corrected chi connectivity index (χ1v) is 10.0. The fraction of sp³-hybridized carbons (Fsp3) is 0.350. The maximum atomic E-state index is 12.8. The van der Waals surface area contributed by atoms with Gasteiger partial charge < -0.3 is 4.90 Å². The highest BCUT2D eigenvalue weighted by molar-refractivity contribution is 7.15. The van der Waals surface area contributed by atoms with Gasteiger partial charge in [0, 0.05) is 55.9 Å². The molecule has 0 bridgehead atoms. The molecule has 1 amide bonds. The predicted octanol–water partition coefficient (Wildman–Crippen LogP) is 2.41. The minimum Gasteiger partial charge on any atom is -0.337 e. The van der Waals surface area contributed by atoms with E-state index in [1.54, 1.807) is 16.7 Å². The summed E-state index contributed by atoms with van der Waals surface area (Å²) in [6, 6.07) is 9.36. The van der Waals surface area contributed by atoms with Gasteiger partial charge in [-0.15, -0.1) is 11.3 Å². The van der Waals surface area contributed by atoms with Gasteiger partial charge in [-0.1, -0.05) is 17.7 Å². The molecule has 0 aliphatic carbocycles. The molecule has 1 saturated heterocycles. The van der Waals surface area contributed by atoms with E-state index in [0.29, 0.717) is 13.1 Å². The first-order valence-electron chi connectivity index (χ1n) is 9.14. The van der Waals surface area contributed by atoms with Crippen molar-refractivity contribution in [2.24, 2.45) is 0 Å². The lowest BCUT2D eigenvalue weighted by Gasteiger charge is -2.22. The minimum absolute atomic E-state index is 0.0395. The maximum absolute atomic E-state index is 12.8. The highest BCUT2D eigenvalue weighted by Gasteiger charge is 2.21. The third-order valence-corrected chi connectivity index (χ3v) is 5.64. The maximum Gasteiger partial charge on any atom is 0.258 e. The van der Waals surface area contributed by atoms with Gasteiger partial charge in [0.05, 0.1) is 5.69 Å². The standard InChI is InChI=1S/C20H22N4O2S/c1-15-4-2-5-16(12-15)19(26)23-7-3-6-22(8-9-23)14-17-13-18(25)24-10-11-27-20(24)21-17/h2,4-5,10-13H,3,6-9,14H2,1H3. The molecule has 0 saturated carbocycles. The molecule has 0 unspecified atom stereocenters. The second-order valence-electron chi connectivity index (χ2n) is 6.93. The molecule has 6 nitrogen and oxygen atoms in total. The van der Waals surface area contributed by atoms with Crippen LogP contribution >= 0.6 is 11.3 Å². The highest BCUT2D eigenvalue weighted by atomic mass is 32.1. The first kappa shape index (κ1) is 17.9. The van der Waals surface area contributed by atoms with Crippen molar-refractivity contribution in [2.75, 3.05) is 26.2 Å². The molecule has 0 radical (unpaired) electrons. The largest absolute Gasteiger partial charge is 0.337 e. The Morgan fingerprint density at radius 3 is 2.93 bits per heavy atom. The SMILES string of the molecule is Cc1cccc(C(=O)N2CCCN(Cc3cc(=O)n4ccsc4n3)CC2)c1. The van der Waals surface area contributed by atoms with E-state index >= 15 is 0 Å². The zero-order valence-corrected chi connectivity index (χ0v) is 16.1. The number of benzene rings is 1. The number of nitrogens with zero attached hydrogens (tertiary/aromatic N) is 4. The monoisotopic (exact) mass is 382 g/mol. The number of hydrogen-bond acceptors (Lipinski definition) is 5. The van der Waals surface area contributed by atoms with Crippen LogP contribution in [0.25, 0.3) is 4.96 Å². The number of carbonyl (C=O) groups excluding carboxylic acids is 1. The Bertz CT molecular complexity index is 1030. The molecular formula is C20H22N4O2S. The Kier molecular flexibility index (Phi) is 5.05. The van der Waals surface area contributed by atoms with E-state index in [1.807, 2.05) is 41.5 Å².